The molecule has 2 aromatic rings. The number of rotatable bonds is 2. The first-order valence-electron chi connectivity index (χ1n) is 8.80. The number of hydrogen-bond acceptors (Lipinski definition) is 4. The van der Waals surface area contributed by atoms with Crippen molar-refractivity contribution in [3.63, 3.8) is 0 Å². The minimum absolute atomic E-state index is 0.0892. The average Bonchev–Trinajstić information content (AvgIpc) is 2.95. The van der Waals surface area contributed by atoms with E-state index >= 15 is 0 Å². The summed E-state index contributed by atoms with van der Waals surface area (Å²) in [7, 11) is 1.64. The molecule has 0 aromatic heterocycles. The Morgan fingerprint density at radius 3 is 2.67 bits per heavy atom. The number of ether oxygens (including phenoxy) is 1. The molecule has 0 fully saturated rings. The number of methoxy groups -OCH3 is 1. The summed E-state index contributed by atoms with van der Waals surface area (Å²) in [6, 6.07) is 16.1. The Balaban J connectivity index is 1.64. The normalized spacial score (nSPS) is 20.0. The van der Waals surface area contributed by atoms with Crippen LogP contribution in [0.2, 0.25) is 0 Å². The van der Waals surface area contributed by atoms with Crippen molar-refractivity contribution in [2.75, 3.05) is 7.11 Å². The maximum absolute atomic E-state index is 12.8. The molecule has 3 nitrogen and oxygen atoms in total. The van der Waals surface area contributed by atoms with Crippen LogP contribution in [-0.2, 0) is 4.79 Å². The van der Waals surface area contributed by atoms with Crippen molar-refractivity contribution in [3.05, 3.63) is 98.3 Å². The van der Waals surface area contributed by atoms with Crippen molar-refractivity contribution in [1.82, 2.24) is 5.32 Å². The predicted octanol–water partition coefficient (Wildman–Crippen LogP) is 2.95. The van der Waals surface area contributed by atoms with Crippen molar-refractivity contribution in [2.45, 2.75) is 5.92 Å². The molecular weight excluding hydrogens is 354 g/mol. The second kappa shape index (κ2) is 6.32. The summed E-state index contributed by atoms with van der Waals surface area (Å²) in [5.74, 6) is 0.537. The molecule has 1 N–H and O–H groups in total. The van der Waals surface area contributed by atoms with E-state index in [9.17, 15) is 4.79 Å². The molecule has 132 valence electrons. The number of benzene rings is 2. The maximum Gasteiger partial charge on any atom is 0.169 e. The molecular formula is C23H17NO2S. The average molecular weight is 371 g/mol. The highest BCUT2D eigenvalue weighted by atomic mass is 32.2. The van der Waals surface area contributed by atoms with Crippen LogP contribution in [-0.4, -0.2) is 12.9 Å². The third-order valence-corrected chi connectivity index (χ3v) is 6.07. The Morgan fingerprint density at radius 1 is 1.04 bits per heavy atom. The Hall–Kier alpha value is -2.98. The van der Waals surface area contributed by atoms with Gasteiger partial charge in [-0.2, -0.15) is 0 Å². The van der Waals surface area contributed by atoms with Crippen LogP contribution in [0.1, 0.15) is 11.5 Å². The second-order valence-corrected chi connectivity index (χ2v) is 7.55. The van der Waals surface area contributed by atoms with E-state index in [1.165, 1.54) is 10.4 Å². The van der Waals surface area contributed by atoms with Gasteiger partial charge in [0.15, 0.2) is 5.78 Å². The molecule has 1 atom stereocenters. The number of carbonyl (C=O) groups excluding carboxylic acids is 1. The number of allylic oxidation sites excluding steroid dienone is 3. The molecule has 27 heavy (non-hydrogen) atoms. The lowest BCUT2D eigenvalue weighted by Gasteiger charge is -2.25. The van der Waals surface area contributed by atoms with Gasteiger partial charge in [-0.05, 0) is 46.6 Å². The van der Waals surface area contributed by atoms with Gasteiger partial charge in [0.1, 0.15) is 5.75 Å². The van der Waals surface area contributed by atoms with Gasteiger partial charge in [0.25, 0.3) is 0 Å². The second-order valence-electron chi connectivity index (χ2n) is 6.64. The highest BCUT2D eigenvalue weighted by molar-refractivity contribution is 8.06. The lowest BCUT2D eigenvalue weighted by atomic mass is 9.87. The highest BCUT2D eigenvalue weighted by Gasteiger charge is 2.31. The summed E-state index contributed by atoms with van der Waals surface area (Å²) in [6.07, 6.45) is 5.79. The molecule has 5 rings (SSSR count). The summed E-state index contributed by atoms with van der Waals surface area (Å²) in [5.41, 5.74) is 4.14. The molecule has 0 radical (unpaired) electrons. The van der Waals surface area contributed by atoms with E-state index in [1.54, 1.807) is 24.9 Å². The van der Waals surface area contributed by atoms with Gasteiger partial charge in [-0.3, -0.25) is 4.79 Å². The molecule has 2 aromatic carbocycles. The van der Waals surface area contributed by atoms with E-state index in [4.69, 9.17) is 4.74 Å². The topological polar surface area (TPSA) is 38.3 Å². The Morgan fingerprint density at radius 2 is 1.85 bits per heavy atom. The molecule has 0 saturated carbocycles. The van der Waals surface area contributed by atoms with Crippen molar-refractivity contribution in [1.29, 1.82) is 0 Å². The number of fused-ring (bicyclic) bond motifs is 2. The zero-order chi connectivity index (χ0) is 18.4. The van der Waals surface area contributed by atoms with E-state index in [0.29, 0.717) is 0 Å². The van der Waals surface area contributed by atoms with Crippen LogP contribution in [0.3, 0.4) is 0 Å². The van der Waals surface area contributed by atoms with Crippen molar-refractivity contribution in [3.8, 4) is 5.75 Å². The minimum Gasteiger partial charge on any atom is -0.497 e. The SMILES string of the molecule is COc1ccc(C2C(=O)C=CC3=C2NC2=c4ccccc4=CC2=CS3)cc1. The third-order valence-electron chi connectivity index (χ3n) is 5.09. The van der Waals surface area contributed by atoms with Crippen LogP contribution in [0.5, 0.6) is 5.75 Å². The molecule has 1 heterocycles. The summed E-state index contributed by atoms with van der Waals surface area (Å²) >= 11 is 1.66. The fraction of sp³-hybridized carbons (Fsp3) is 0.0870. The zero-order valence-corrected chi connectivity index (χ0v) is 15.5. The van der Waals surface area contributed by atoms with Crippen LogP contribution >= 0.6 is 11.8 Å². The van der Waals surface area contributed by atoms with Crippen LogP contribution < -0.4 is 20.5 Å². The van der Waals surface area contributed by atoms with Gasteiger partial charge in [-0.15, -0.1) is 0 Å². The van der Waals surface area contributed by atoms with Crippen LogP contribution in [0.15, 0.2) is 82.3 Å². The molecule has 1 aliphatic heterocycles. The van der Waals surface area contributed by atoms with E-state index in [1.807, 2.05) is 42.5 Å². The van der Waals surface area contributed by atoms with Crippen molar-refractivity contribution < 1.29 is 9.53 Å². The number of thioether (sulfide) groups is 1. The largest absolute Gasteiger partial charge is 0.497 e. The summed E-state index contributed by atoms with van der Waals surface area (Å²) < 4.78 is 5.26. The Labute approximate surface area is 161 Å². The molecule has 0 bridgehead atoms. The van der Waals surface area contributed by atoms with E-state index in [0.717, 1.165) is 33.2 Å². The lowest BCUT2D eigenvalue weighted by molar-refractivity contribution is -0.115. The van der Waals surface area contributed by atoms with Gasteiger partial charge < -0.3 is 10.1 Å². The van der Waals surface area contributed by atoms with Crippen molar-refractivity contribution in [2.24, 2.45) is 0 Å². The van der Waals surface area contributed by atoms with Gasteiger partial charge in [0.05, 0.1) is 18.7 Å². The highest BCUT2D eigenvalue weighted by Crippen LogP contribution is 2.40. The zero-order valence-electron chi connectivity index (χ0n) is 14.7. The molecule has 0 amide bonds. The van der Waals surface area contributed by atoms with Gasteiger partial charge in [0, 0.05) is 21.4 Å². The molecule has 0 spiro atoms. The first-order chi connectivity index (χ1) is 13.2. The number of nitrogens with one attached hydrogen (secondary N) is 1. The summed E-state index contributed by atoms with van der Waals surface area (Å²) in [5, 5.41) is 8.16. The van der Waals surface area contributed by atoms with E-state index in [2.05, 4.69) is 28.9 Å². The Bertz CT molecular complexity index is 1170. The molecule has 1 unspecified atom stereocenters. The number of hydrogen-bond donors (Lipinski definition) is 1. The number of ketones is 1. The third kappa shape index (κ3) is 2.64. The van der Waals surface area contributed by atoms with Crippen molar-refractivity contribution >= 4 is 29.3 Å². The number of carbonyl (C=O) groups is 1. The molecule has 2 aliphatic carbocycles. The molecule has 3 aliphatic rings. The minimum atomic E-state index is -0.337. The fourth-order valence-corrected chi connectivity index (χ4v) is 4.61. The predicted molar refractivity (Wildman–Crippen MR) is 109 cm³/mol. The van der Waals surface area contributed by atoms with Gasteiger partial charge >= 0.3 is 0 Å². The quantitative estimate of drug-likeness (QED) is 0.881. The van der Waals surface area contributed by atoms with Crippen LogP contribution in [0.4, 0.5) is 0 Å². The first kappa shape index (κ1) is 16.2. The van der Waals surface area contributed by atoms with Gasteiger partial charge in [-0.25, -0.2) is 0 Å². The standard InChI is InChI=1S/C23H17NO2S/c1-26-17-8-6-14(7-9-17)21-19(25)10-11-20-23(21)24-22-16(13-27-20)12-15-4-2-3-5-18(15)22/h2-13,21,24H,1H3. The molecule has 0 saturated heterocycles. The fourth-order valence-electron chi connectivity index (χ4n) is 3.73. The van der Waals surface area contributed by atoms with Gasteiger partial charge in [0.2, 0.25) is 0 Å². The molecule has 4 heteroatoms. The van der Waals surface area contributed by atoms with Gasteiger partial charge in [-0.1, -0.05) is 48.2 Å². The lowest BCUT2D eigenvalue weighted by Crippen LogP contribution is -2.31. The smallest absolute Gasteiger partial charge is 0.169 e. The summed E-state index contributed by atoms with van der Waals surface area (Å²) in [6.45, 7) is 0. The van der Waals surface area contributed by atoms with E-state index < -0.39 is 0 Å². The monoisotopic (exact) mass is 371 g/mol. The Kier molecular flexibility index (Phi) is 3.80. The first-order valence-corrected chi connectivity index (χ1v) is 9.68. The van der Waals surface area contributed by atoms with E-state index in [-0.39, 0.29) is 11.7 Å². The summed E-state index contributed by atoms with van der Waals surface area (Å²) in [4.78, 5) is 13.9. The maximum atomic E-state index is 12.8. The van der Waals surface area contributed by atoms with Crippen LogP contribution in [0, 0.1) is 0 Å². The van der Waals surface area contributed by atoms with Crippen LogP contribution in [0.25, 0.3) is 11.8 Å².